The van der Waals surface area contributed by atoms with Crippen LogP contribution in [0.5, 0.6) is 0 Å². The third-order valence-corrected chi connectivity index (χ3v) is 5.23. The Kier molecular flexibility index (Phi) is 1.23. The zero-order chi connectivity index (χ0) is 9.20. The predicted molar refractivity (Wildman–Crippen MR) is 48.9 cm³/mol. The number of ketones is 1. The van der Waals surface area contributed by atoms with Crippen molar-refractivity contribution in [2.75, 3.05) is 0 Å². The van der Waals surface area contributed by atoms with Gasteiger partial charge in [0.2, 0.25) is 0 Å². The Labute approximate surface area is 74.5 Å². The van der Waals surface area contributed by atoms with Crippen molar-refractivity contribution in [1.82, 2.24) is 0 Å². The number of fused-ring (bicyclic) bond motifs is 2. The summed E-state index contributed by atoms with van der Waals surface area (Å²) in [6, 6.07) is 0. The molecular weight excluding hydrogens is 148 g/mol. The molecule has 0 aromatic heterocycles. The molecule has 1 heteroatoms. The molecule has 0 aromatic rings. The van der Waals surface area contributed by atoms with E-state index in [1.54, 1.807) is 0 Å². The van der Waals surface area contributed by atoms with Crippen molar-refractivity contribution in [3.63, 3.8) is 0 Å². The van der Waals surface area contributed by atoms with Gasteiger partial charge in [-0.1, -0.05) is 27.7 Å². The van der Waals surface area contributed by atoms with E-state index < -0.39 is 0 Å². The summed E-state index contributed by atoms with van der Waals surface area (Å²) in [7, 11) is 0. The van der Waals surface area contributed by atoms with Crippen LogP contribution in [0.4, 0.5) is 0 Å². The number of carbonyl (C=O) groups is 1. The van der Waals surface area contributed by atoms with Crippen LogP contribution >= 0.6 is 0 Å². The van der Waals surface area contributed by atoms with Crippen molar-refractivity contribution >= 4 is 5.78 Å². The molecule has 0 aliphatic heterocycles. The van der Waals surface area contributed by atoms with Gasteiger partial charge < -0.3 is 0 Å². The standard InChI is InChI=1S/C11H18O/c1-9(2)10(3)5-6-11(9,4)8(12)7-10/h5-7H2,1-4H3/t10-,11-/m1/s1. The fourth-order valence-electron chi connectivity index (χ4n) is 3.16. The van der Waals surface area contributed by atoms with Gasteiger partial charge in [-0.2, -0.15) is 0 Å². The molecule has 2 saturated carbocycles. The molecule has 0 saturated heterocycles. The summed E-state index contributed by atoms with van der Waals surface area (Å²) in [5.41, 5.74) is 0.498. The lowest BCUT2D eigenvalue weighted by molar-refractivity contribution is -0.128. The summed E-state index contributed by atoms with van der Waals surface area (Å²) in [6.45, 7) is 8.98. The monoisotopic (exact) mass is 166 g/mol. The molecule has 0 radical (unpaired) electrons. The van der Waals surface area contributed by atoms with Crippen molar-refractivity contribution < 1.29 is 4.79 Å². The van der Waals surface area contributed by atoms with Crippen molar-refractivity contribution in [3.8, 4) is 0 Å². The fraction of sp³-hybridized carbons (Fsp3) is 0.909. The van der Waals surface area contributed by atoms with E-state index in [0.717, 1.165) is 12.8 Å². The van der Waals surface area contributed by atoms with Gasteiger partial charge in [0.05, 0.1) is 0 Å². The summed E-state index contributed by atoms with van der Waals surface area (Å²) in [4.78, 5) is 11.8. The summed E-state index contributed by atoms with van der Waals surface area (Å²) < 4.78 is 0. The number of carbonyl (C=O) groups excluding carboxylic acids is 1. The highest BCUT2D eigenvalue weighted by Gasteiger charge is 2.67. The van der Waals surface area contributed by atoms with E-state index in [1.165, 1.54) is 6.42 Å². The summed E-state index contributed by atoms with van der Waals surface area (Å²) in [6.07, 6.45) is 3.16. The molecule has 2 atom stereocenters. The van der Waals surface area contributed by atoms with Gasteiger partial charge in [-0.25, -0.2) is 0 Å². The molecule has 2 bridgehead atoms. The minimum Gasteiger partial charge on any atom is -0.299 e. The maximum absolute atomic E-state index is 11.8. The Morgan fingerprint density at radius 2 is 1.67 bits per heavy atom. The maximum atomic E-state index is 11.8. The molecule has 0 N–H and O–H groups in total. The molecule has 1 nitrogen and oxygen atoms in total. The van der Waals surface area contributed by atoms with E-state index in [4.69, 9.17) is 0 Å². The summed E-state index contributed by atoms with van der Waals surface area (Å²) in [5, 5.41) is 0. The van der Waals surface area contributed by atoms with Crippen molar-refractivity contribution in [3.05, 3.63) is 0 Å². The Morgan fingerprint density at radius 3 is 1.83 bits per heavy atom. The fourth-order valence-corrected chi connectivity index (χ4v) is 3.16. The van der Waals surface area contributed by atoms with Gasteiger partial charge in [0.25, 0.3) is 0 Å². The van der Waals surface area contributed by atoms with Gasteiger partial charge in [-0.15, -0.1) is 0 Å². The lowest BCUT2D eigenvalue weighted by Crippen LogP contribution is -2.34. The van der Waals surface area contributed by atoms with E-state index in [2.05, 4.69) is 27.7 Å². The van der Waals surface area contributed by atoms with Crippen LogP contribution in [0.3, 0.4) is 0 Å². The highest BCUT2D eigenvalue weighted by atomic mass is 16.1. The number of hydrogen-bond donors (Lipinski definition) is 0. The average molecular weight is 166 g/mol. The lowest BCUT2D eigenvalue weighted by Gasteiger charge is -2.37. The third-order valence-electron chi connectivity index (χ3n) is 5.23. The topological polar surface area (TPSA) is 17.1 Å². The van der Waals surface area contributed by atoms with Gasteiger partial charge in [-0.05, 0) is 23.7 Å². The molecule has 0 heterocycles. The first-order valence-electron chi connectivity index (χ1n) is 4.87. The van der Waals surface area contributed by atoms with Crippen molar-refractivity contribution in [2.24, 2.45) is 16.2 Å². The molecule has 2 rings (SSSR count). The van der Waals surface area contributed by atoms with Crippen LogP contribution in [0.25, 0.3) is 0 Å². The van der Waals surface area contributed by atoms with Gasteiger partial charge in [0.1, 0.15) is 5.78 Å². The van der Waals surface area contributed by atoms with Crippen LogP contribution in [0.15, 0.2) is 0 Å². The quantitative estimate of drug-likeness (QED) is 0.541. The molecule has 0 amide bonds. The van der Waals surface area contributed by atoms with Gasteiger partial charge in [0, 0.05) is 11.8 Å². The van der Waals surface area contributed by atoms with Crippen LogP contribution in [0.2, 0.25) is 0 Å². The first-order valence-corrected chi connectivity index (χ1v) is 4.87. The normalized spacial score (nSPS) is 50.2. The minimum absolute atomic E-state index is 0.0122. The predicted octanol–water partition coefficient (Wildman–Crippen LogP) is 2.79. The molecule has 12 heavy (non-hydrogen) atoms. The van der Waals surface area contributed by atoms with Gasteiger partial charge >= 0.3 is 0 Å². The third kappa shape index (κ3) is 0.571. The van der Waals surface area contributed by atoms with Crippen LogP contribution < -0.4 is 0 Å². The smallest absolute Gasteiger partial charge is 0.139 e. The first kappa shape index (κ1) is 8.28. The highest BCUT2D eigenvalue weighted by molar-refractivity contribution is 5.90. The number of rotatable bonds is 0. The minimum atomic E-state index is -0.0122. The van der Waals surface area contributed by atoms with E-state index in [1.807, 2.05) is 0 Å². The number of Topliss-reactive ketones (excluding diaryl/α,β-unsaturated/α-hetero) is 1. The van der Waals surface area contributed by atoms with Crippen LogP contribution in [-0.4, -0.2) is 5.78 Å². The first-order chi connectivity index (χ1) is 5.33. The molecule has 2 aliphatic rings. The molecule has 0 unspecified atom stereocenters. The molecule has 68 valence electrons. The second-order valence-electron chi connectivity index (χ2n) is 5.62. The lowest BCUT2D eigenvalue weighted by atomic mass is 9.66. The van der Waals surface area contributed by atoms with Crippen molar-refractivity contribution in [1.29, 1.82) is 0 Å². The van der Waals surface area contributed by atoms with E-state index in [0.29, 0.717) is 11.2 Å². The Bertz CT molecular complexity index is 254. The zero-order valence-electron chi connectivity index (χ0n) is 8.53. The Hall–Kier alpha value is -0.330. The second kappa shape index (κ2) is 1.78. The molecule has 0 aromatic carbocycles. The Morgan fingerprint density at radius 1 is 1.08 bits per heavy atom. The zero-order valence-corrected chi connectivity index (χ0v) is 8.53. The summed E-state index contributed by atoms with van der Waals surface area (Å²) in [5.74, 6) is 0.501. The van der Waals surface area contributed by atoms with Crippen LogP contribution in [0, 0.1) is 16.2 Å². The molecule has 2 aliphatic carbocycles. The van der Waals surface area contributed by atoms with E-state index in [-0.39, 0.29) is 10.8 Å². The maximum Gasteiger partial charge on any atom is 0.139 e. The Balaban J connectivity index is 2.56. The highest BCUT2D eigenvalue weighted by Crippen LogP contribution is 2.70. The van der Waals surface area contributed by atoms with Crippen LogP contribution in [0.1, 0.15) is 47.0 Å². The molecular formula is C11H18O. The van der Waals surface area contributed by atoms with Gasteiger partial charge in [-0.3, -0.25) is 4.79 Å². The molecule has 2 fully saturated rings. The largest absolute Gasteiger partial charge is 0.299 e. The van der Waals surface area contributed by atoms with Crippen LogP contribution in [-0.2, 0) is 4.79 Å². The second-order valence-corrected chi connectivity index (χ2v) is 5.62. The SMILES string of the molecule is CC1(C)[C@]2(C)CC[C@]1(C)C(=O)C2. The van der Waals surface area contributed by atoms with Gasteiger partial charge in [0.15, 0.2) is 0 Å². The molecule has 0 spiro atoms. The average Bonchev–Trinajstić information content (AvgIpc) is 2.18. The number of hydrogen-bond acceptors (Lipinski definition) is 1. The van der Waals surface area contributed by atoms with Crippen molar-refractivity contribution in [2.45, 2.75) is 47.0 Å². The van der Waals surface area contributed by atoms with E-state index in [9.17, 15) is 4.79 Å². The summed E-state index contributed by atoms with van der Waals surface area (Å²) >= 11 is 0. The van der Waals surface area contributed by atoms with E-state index >= 15 is 0 Å².